The molecule has 0 aliphatic rings. The summed E-state index contributed by atoms with van der Waals surface area (Å²) in [6, 6.07) is 0. The fraction of sp³-hybridized carbons (Fsp3) is 0.643. The lowest BCUT2D eigenvalue weighted by Gasteiger charge is -2.29. The molecule has 8 nitrogen and oxygen atoms in total. The highest BCUT2D eigenvalue weighted by Crippen LogP contribution is 2.17. The molecule has 0 saturated heterocycles. The summed E-state index contributed by atoms with van der Waals surface area (Å²) in [7, 11) is 4.26. The Balaban J connectivity index is 0.00000529. The molecule has 1 heterocycles. The first-order valence-electron chi connectivity index (χ1n) is 7.65. The van der Waals surface area contributed by atoms with E-state index >= 15 is 0 Å². The van der Waals surface area contributed by atoms with Gasteiger partial charge in [0.05, 0.1) is 33.7 Å². The van der Waals surface area contributed by atoms with Crippen molar-refractivity contribution >= 4 is 29.1 Å². The molecule has 0 unspecified atom stereocenters. The highest BCUT2D eigenvalue weighted by molar-refractivity contribution is 6.31. The van der Waals surface area contributed by atoms with E-state index in [1.807, 2.05) is 0 Å². The van der Waals surface area contributed by atoms with Gasteiger partial charge in [-0.25, -0.2) is 9.97 Å². The first-order chi connectivity index (χ1) is 10.8. The van der Waals surface area contributed by atoms with Crippen molar-refractivity contribution in [1.82, 2.24) is 15.3 Å². The SMILES string of the molecule is C[N+](C)(CCCCCN)CCNC(=O)c1nc(Cl)c(N)nc1N.[Br-]. The van der Waals surface area contributed by atoms with Crippen LogP contribution in [-0.2, 0) is 0 Å². The summed E-state index contributed by atoms with van der Waals surface area (Å²) < 4.78 is 0.814. The van der Waals surface area contributed by atoms with Crippen LogP contribution in [0.25, 0.3) is 0 Å². The number of carbonyl (C=O) groups is 1. The second-order valence-electron chi connectivity index (χ2n) is 6.12. The second kappa shape index (κ2) is 10.7. The molecule has 138 valence electrons. The molecule has 0 saturated carbocycles. The zero-order chi connectivity index (χ0) is 17.5. The molecular formula is C14H27BrClN7O. The molecule has 24 heavy (non-hydrogen) atoms. The Kier molecular flexibility index (Phi) is 10.1. The standard InChI is InChI=1S/C14H26ClN7O.BrH/c1-22(2,8-5-3-4-6-16)9-7-19-14(23)10-12(17)21-13(18)11(15)20-10;/h3-9,16H2,1-2H3,(H4-,17,18,19,21,23);1H. The van der Waals surface area contributed by atoms with E-state index in [0.29, 0.717) is 6.54 Å². The number of halogens is 2. The fourth-order valence-corrected chi connectivity index (χ4v) is 2.26. The van der Waals surface area contributed by atoms with Gasteiger partial charge in [-0.2, -0.15) is 0 Å². The van der Waals surface area contributed by atoms with Gasteiger partial charge in [-0.15, -0.1) is 0 Å². The van der Waals surface area contributed by atoms with Gasteiger partial charge in [0.15, 0.2) is 22.5 Å². The van der Waals surface area contributed by atoms with Crippen molar-refractivity contribution in [3.05, 3.63) is 10.8 Å². The minimum atomic E-state index is -0.403. The van der Waals surface area contributed by atoms with E-state index in [1.54, 1.807) is 0 Å². The molecule has 0 aliphatic heterocycles. The number of amides is 1. The molecule has 1 rings (SSSR count). The average Bonchev–Trinajstić information content (AvgIpc) is 2.47. The van der Waals surface area contributed by atoms with E-state index in [0.717, 1.165) is 43.4 Å². The van der Waals surface area contributed by atoms with Crippen molar-refractivity contribution < 1.29 is 26.3 Å². The fourth-order valence-electron chi connectivity index (χ4n) is 2.14. The lowest BCUT2D eigenvalue weighted by Crippen LogP contribution is -3.00. The van der Waals surface area contributed by atoms with Crippen LogP contribution in [0, 0.1) is 0 Å². The summed E-state index contributed by atoms with van der Waals surface area (Å²) in [6.45, 7) is 3.07. The molecule has 1 aromatic rings. The van der Waals surface area contributed by atoms with Gasteiger partial charge >= 0.3 is 0 Å². The molecule has 0 aromatic carbocycles. The number of nitrogens with two attached hydrogens (primary N) is 3. The first-order valence-corrected chi connectivity index (χ1v) is 8.03. The lowest BCUT2D eigenvalue weighted by molar-refractivity contribution is -0.889. The van der Waals surface area contributed by atoms with Crippen molar-refractivity contribution in [2.24, 2.45) is 5.73 Å². The Morgan fingerprint density at radius 3 is 2.42 bits per heavy atom. The minimum absolute atomic E-state index is 0. The summed E-state index contributed by atoms with van der Waals surface area (Å²) in [4.78, 5) is 19.8. The Morgan fingerprint density at radius 2 is 1.79 bits per heavy atom. The molecular weight excluding hydrogens is 398 g/mol. The topological polar surface area (TPSA) is 133 Å². The maximum atomic E-state index is 12.1. The Morgan fingerprint density at radius 1 is 1.12 bits per heavy atom. The number of hydrogen-bond acceptors (Lipinski definition) is 6. The van der Waals surface area contributed by atoms with Crippen molar-refractivity contribution in [3.63, 3.8) is 0 Å². The van der Waals surface area contributed by atoms with E-state index in [9.17, 15) is 4.79 Å². The van der Waals surface area contributed by atoms with Crippen molar-refractivity contribution in [2.75, 3.05) is 51.7 Å². The van der Waals surface area contributed by atoms with Gasteiger partial charge in [-0.3, -0.25) is 4.79 Å². The van der Waals surface area contributed by atoms with Crippen molar-refractivity contribution in [3.8, 4) is 0 Å². The van der Waals surface area contributed by atoms with Crippen molar-refractivity contribution in [1.29, 1.82) is 0 Å². The molecule has 1 amide bonds. The molecule has 0 spiro atoms. The molecule has 0 fully saturated rings. The molecule has 0 atom stereocenters. The summed E-state index contributed by atoms with van der Waals surface area (Å²) in [5.41, 5.74) is 16.6. The van der Waals surface area contributed by atoms with Crippen LogP contribution in [0.15, 0.2) is 0 Å². The average molecular weight is 425 g/mol. The van der Waals surface area contributed by atoms with E-state index < -0.39 is 5.91 Å². The number of unbranched alkanes of at least 4 members (excludes halogenated alkanes) is 2. The molecule has 0 bridgehead atoms. The predicted octanol–water partition coefficient (Wildman–Crippen LogP) is -2.77. The Labute approximate surface area is 158 Å². The van der Waals surface area contributed by atoms with Gasteiger partial charge < -0.3 is 44.0 Å². The number of nitrogens with zero attached hydrogens (tertiary/aromatic N) is 3. The lowest BCUT2D eigenvalue weighted by atomic mass is 10.2. The summed E-state index contributed by atoms with van der Waals surface area (Å²) in [5.74, 6) is -0.420. The third-order valence-electron chi connectivity index (χ3n) is 3.59. The monoisotopic (exact) mass is 423 g/mol. The number of hydrogen-bond donors (Lipinski definition) is 4. The Bertz CT molecular complexity index is 542. The summed E-state index contributed by atoms with van der Waals surface area (Å²) in [6.07, 6.45) is 3.29. The van der Waals surface area contributed by atoms with Gasteiger partial charge in [0, 0.05) is 0 Å². The molecule has 1 aromatic heterocycles. The molecule has 0 radical (unpaired) electrons. The number of likely N-dealkylation sites (N-methyl/N-ethyl adjacent to an activating group) is 1. The van der Waals surface area contributed by atoms with Gasteiger partial charge in [-0.1, -0.05) is 11.6 Å². The maximum Gasteiger partial charge on any atom is 0.273 e. The normalized spacial score (nSPS) is 11.0. The van der Waals surface area contributed by atoms with Crippen LogP contribution in [0.1, 0.15) is 29.8 Å². The Hall–Kier alpha value is -1.16. The number of nitrogens with one attached hydrogen (secondary N) is 1. The number of nitrogen functional groups attached to an aromatic ring is 2. The van der Waals surface area contributed by atoms with E-state index in [2.05, 4.69) is 29.4 Å². The molecule has 7 N–H and O–H groups in total. The third-order valence-corrected chi connectivity index (χ3v) is 3.87. The van der Waals surface area contributed by atoms with Crippen LogP contribution >= 0.6 is 11.6 Å². The van der Waals surface area contributed by atoms with Gasteiger partial charge in [-0.05, 0) is 25.8 Å². The highest BCUT2D eigenvalue weighted by Gasteiger charge is 2.18. The van der Waals surface area contributed by atoms with E-state index in [1.165, 1.54) is 0 Å². The molecule has 10 heteroatoms. The summed E-state index contributed by atoms with van der Waals surface area (Å²) in [5, 5.41) is 2.76. The van der Waals surface area contributed by atoms with E-state index in [4.69, 9.17) is 28.8 Å². The predicted molar refractivity (Wildman–Crippen MR) is 92.9 cm³/mol. The van der Waals surface area contributed by atoms with Crippen LogP contribution in [0.2, 0.25) is 5.15 Å². The van der Waals surface area contributed by atoms with Gasteiger partial charge in [0.2, 0.25) is 0 Å². The number of quaternary nitrogens is 1. The van der Waals surface area contributed by atoms with Crippen LogP contribution in [0.3, 0.4) is 0 Å². The quantitative estimate of drug-likeness (QED) is 0.251. The zero-order valence-corrected chi connectivity index (χ0v) is 16.5. The largest absolute Gasteiger partial charge is 1.00 e. The number of carbonyl (C=O) groups excluding carboxylic acids is 1. The van der Waals surface area contributed by atoms with Gasteiger partial charge in [0.25, 0.3) is 5.91 Å². The van der Waals surface area contributed by atoms with E-state index in [-0.39, 0.29) is 39.5 Å². The smallest absolute Gasteiger partial charge is 0.273 e. The van der Waals surface area contributed by atoms with Crippen LogP contribution in [-0.4, -0.2) is 60.6 Å². The number of rotatable bonds is 9. The third kappa shape index (κ3) is 7.61. The molecule has 0 aliphatic carbocycles. The zero-order valence-electron chi connectivity index (χ0n) is 14.2. The van der Waals surface area contributed by atoms with Crippen LogP contribution < -0.4 is 39.5 Å². The minimum Gasteiger partial charge on any atom is -1.00 e. The van der Waals surface area contributed by atoms with Crippen LogP contribution in [0.4, 0.5) is 11.6 Å². The maximum absolute atomic E-state index is 12.1. The highest BCUT2D eigenvalue weighted by atomic mass is 79.9. The van der Waals surface area contributed by atoms with Crippen LogP contribution in [0.5, 0.6) is 0 Å². The number of anilines is 2. The van der Waals surface area contributed by atoms with Gasteiger partial charge in [0.1, 0.15) is 0 Å². The first kappa shape index (κ1) is 22.8. The summed E-state index contributed by atoms with van der Waals surface area (Å²) >= 11 is 5.77. The second-order valence-corrected chi connectivity index (χ2v) is 6.48. The number of aromatic nitrogens is 2. The van der Waals surface area contributed by atoms with Crippen molar-refractivity contribution in [2.45, 2.75) is 19.3 Å².